The number of nitrogens with zero attached hydrogens (tertiary/aromatic N) is 1. The van der Waals surface area contributed by atoms with Crippen LogP contribution in [0.15, 0.2) is 10.4 Å². The average Bonchev–Trinajstić information content (AvgIpc) is 1.27. The third-order valence-electron chi connectivity index (χ3n) is 0.221. The van der Waals surface area contributed by atoms with Gasteiger partial charge in [-0.05, 0) is 0 Å². The fraction of sp³-hybridized carbons (Fsp3) is 0. The van der Waals surface area contributed by atoms with E-state index in [2.05, 4.69) is 25.3 Å². The molecule has 44 valence electrons. The van der Waals surface area contributed by atoms with Crippen molar-refractivity contribution in [2.24, 2.45) is 0 Å². The molecule has 3 nitrogen and oxygen atoms in total. The molecule has 0 fully saturated rings. The van der Waals surface area contributed by atoms with Crippen LogP contribution in [0.25, 0.3) is 0 Å². The van der Waals surface area contributed by atoms with Crippen LogP contribution in [0.3, 0.4) is 0 Å². The van der Waals surface area contributed by atoms with Crippen LogP contribution in [-0.2, 0) is 0 Å². The topological polar surface area (TPSA) is 43.1 Å². The van der Waals surface area contributed by atoms with E-state index in [1.54, 1.807) is 0 Å². The van der Waals surface area contributed by atoms with E-state index in [0.29, 0.717) is 6.20 Å². The molecule has 0 radical (unpaired) electrons. The molecule has 0 rings (SSSR count). The molecule has 0 heterocycles. The van der Waals surface area contributed by atoms with Crippen LogP contribution in [0.2, 0.25) is 0 Å². The Hall–Kier alpha value is 3.11. The van der Waals surface area contributed by atoms with Gasteiger partial charge in [-0.2, -0.15) is 0 Å². The first kappa shape index (κ1) is 18.0. The minimum atomic E-state index is -0.616. The SMILES string of the molecule is O=[N+]([O-])C=C(S)S.[KH].[KH]. The summed E-state index contributed by atoms with van der Waals surface area (Å²) in [7, 11) is 0. The number of rotatable bonds is 1. The summed E-state index contributed by atoms with van der Waals surface area (Å²) in [4.78, 5) is 8.83. The first-order chi connectivity index (χ1) is 3.13. The van der Waals surface area contributed by atoms with E-state index in [1.807, 2.05) is 0 Å². The van der Waals surface area contributed by atoms with Crippen molar-refractivity contribution in [1.82, 2.24) is 0 Å². The van der Waals surface area contributed by atoms with E-state index in [9.17, 15) is 10.1 Å². The Labute approximate surface area is 149 Å². The summed E-state index contributed by atoms with van der Waals surface area (Å²) in [6.45, 7) is 0. The average molecular weight is 217 g/mol. The van der Waals surface area contributed by atoms with Crippen molar-refractivity contribution >= 4 is 128 Å². The quantitative estimate of drug-likeness (QED) is 0.272. The summed E-state index contributed by atoms with van der Waals surface area (Å²) in [5, 5.41) is 9.44. The molecule has 0 aliphatic carbocycles. The van der Waals surface area contributed by atoms with E-state index in [-0.39, 0.29) is 107 Å². The van der Waals surface area contributed by atoms with Gasteiger partial charge in [-0.1, -0.05) is 0 Å². The molecule has 0 bridgehead atoms. The first-order valence-corrected chi connectivity index (χ1v) is 2.25. The zero-order valence-corrected chi connectivity index (χ0v) is 5.02. The molecular formula is C2H5K2NO2S2. The van der Waals surface area contributed by atoms with Crippen LogP contribution in [0, 0.1) is 10.1 Å². The number of thiol groups is 2. The van der Waals surface area contributed by atoms with Crippen molar-refractivity contribution in [2.45, 2.75) is 0 Å². The minimum absolute atomic E-state index is 0. The van der Waals surface area contributed by atoms with Crippen LogP contribution in [0.1, 0.15) is 0 Å². The second-order valence-electron chi connectivity index (χ2n) is 0.773. The van der Waals surface area contributed by atoms with Gasteiger partial charge in [0.25, 0.3) is 6.20 Å². The van der Waals surface area contributed by atoms with Crippen molar-refractivity contribution in [3.8, 4) is 0 Å². The van der Waals surface area contributed by atoms with E-state index >= 15 is 0 Å². The second-order valence-corrected chi connectivity index (χ2v) is 2.09. The van der Waals surface area contributed by atoms with Crippen LogP contribution >= 0.6 is 25.3 Å². The molecule has 7 heteroatoms. The Morgan fingerprint density at radius 3 is 1.78 bits per heavy atom. The molecule has 0 aliphatic rings. The summed E-state index contributed by atoms with van der Waals surface area (Å²) >= 11 is 7.04. The van der Waals surface area contributed by atoms with Gasteiger partial charge in [-0.25, -0.2) is 0 Å². The predicted octanol–water partition coefficient (Wildman–Crippen LogP) is -0.375. The van der Waals surface area contributed by atoms with E-state index < -0.39 is 4.92 Å². The maximum absolute atomic E-state index is 9.44. The molecule has 0 saturated carbocycles. The van der Waals surface area contributed by atoms with Gasteiger partial charge in [0.2, 0.25) is 0 Å². The molecule has 0 atom stereocenters. The Kier molecular flexibility index (Phi) is 22.2. The summed E-state index contributed by atoms with van der Waals surface area (Å²) < 4.78 is 0.102. The van der Waals surface area contributed by atoms with Crippen molar-refractivity contribution < 1.29 is 4.92 Å². The molecule has 0 aromatic carbocycles. The first-order valence-electron chi connectivity index (χ1n) is 1.36. The normalized spacial score (nSPS) is 6.00. The van der Waals surface area contributed by atoms with Gasteiger partial charge in [0.1, 0.15) is 4.24 Å². The van der Waals surface area contributed by atoms with Crippen LogP contribution in [-0.4, -0.2) is 108 Å². The fourth-order valence-corrected chi connectivity index (χ4v) is 0.283. The maximum atomic E-state index is 9.44. The van der Waals surface area contributed by atoms with Crippen molar-refractivity contribution in [2.75, 3.05) is 0 Å². The van der Waals surface area contributed by atoms with Gasteiger partial charge in [0.05, 0.1) is 4.92 Å². The van der Waals surface area contributed by atoms with Crippen LogP contribution in [0.5, 0.6) is 0 Å². The molecule has 0 aromatic rings. The monoisotopic (exact) mass is 217 g/mol. The summed E-state index contributed by atoms with van der Waals surface area (Å²) in [5.74, 6) is 0. The summed E-state index contributed by atoms with van der Waals surface area (Å²) in [5.41, 5.74) is 0. The van der Waals surface area contributed by atoms with E-state index in [1.165, 1.54) is 0 Å². The van der Waals surface area contributed by atoms with Crippen molar-refractivity contribution in [3.05, 3.63) is 20.6 Å². The summed E-state index contributed by atoms with van der Waals surface area (Å²) in [6, 6.07) is 0. The van der Waals surface area contributed by atoms with Gasteiger partial charge in [-0.3, -0.25) is 10.1 Å². The molecule has 0 N–H and O–H groups in total. The van der Waals surface area contributed by atoms with Crippen molar-refractivity contribution in [3.63, 3.8) is 0 Å². The van der Waals surface area contributed by atoms with Gasteiger partial charge < -0.3 is 0 Å². The second kappa shape index (κ2) is 11.1. The van der Waals surface area contributed by atoms with Crippen molar-refractivity contribution in [1.29, 1.82) is 0 Å². The molecule has 0 spiro atoms. The van der Waals surface area contributed by atoms with Gasteiger partial charge in [0.15, 0.2) is 0 Å². The number of hydrogen-bond acceptors (Lipinski definition) is 4. The van der Waals surface area contributed by atoms with E-state index in [0.717, 1.165) is 0 Å². The van der Waals surface area contributed by atoms with Gasteiger partial charge in [0, 0.05) is 0 Å². The Bertz CT molecular complexity index is 113. The van der Waals surface area contributed by atoms with Crippen LogP contribution in [0.4, 0.5) is 0 Å². The zero-order valence-electron chi connectivity index (χ0n) is 3.24. The molecular weight excluding hydrogens is 212 g/mol. The number of hydrogen-bond donors (Lipinski definition) is 2. The zero-order chi connectivity index (χ0) is 5.86. The Morgan fingerprint density at radius 2 is 1.78 bits per heavy atom. The third kappa shape index (κ3) is 18.2. The molecule has 0 unspecified atom stereocenters. The molecule has 0 aliphatic heterocycles. The standard InChI is InChI=1S/C2H3NO2S2.2K.2H/c4-3(5)1-2(6)7;;;;/h1,6-7H;;;;. The number of nitro groups is 1. The predicted molar refractivity (Wildman–Crippen MR) is 47.3 cm³/mol. The third-order valence-corrected chi connectivity index (χ3v) is 0.452. The van der Waals surface area contributed by atoms with Gasteiger partial charge in [-0.15, -0.1) is 25.3 Å². The van der Waals surface area contributed by atoms with Gasteiger partial charge >= 0.3 is 103 Å². The molecule has 9 heavy (non-hydrogen) atoms. The molecule has 0 aromatic heterocycles. The van der Waals surface area contributed by atoms with E-state index in [4.69, 9.17) is 0 Å². The molecule has 0 saturated heterocycles. The van der Waals surface area contributed by atoms with Crippen LogP contribution < -0.4 is 0 Å². The molecule has 0 amide bonds. The summed E-state index contributed by atoms with van der Waals surface area (Å²) in [6.07, 6.45) is 0.701. The Morgan fingerprint density at radius 1 is 1.44 bits per heavy atom. The Balaban J connectivity index is -0.000000180. The fourth-order valence-electron chi connectivity index (χ4n) is 0.0943.